The number of hydrogen-bond donors (Lipinski definition) is 0. The molecular weight excluding hydrogens is 477 g/mol. The third-order valence-corrected chi connectivity index (χ3v) is 9.01. The monoisotopic (exact) mass is 517 g/mol. The van der Waals surface area contributed by atoms with Gasteiger partial charge in [-0.2, -0.15) is 0 Å². The number of rotatable bonds is 5. The van der Waals surface area contributed by atoms with E-state index in [0.717, 1.165) is 18.9 Å². The second-order valence-corrected chi connectivity index (χ2v) is 11.1. The van der Waals surface area contributed by atoms with Gasteiger partial charge in [0.15, 0.2) is 0 Å². The molecule has 2 aliphatic carbocycles. The zero-order chi connectivity index (χ0) is 21.5. The molecule has 0 amide bonds. The second kappa shape index (κ2) is 15.4. The number of aliphatic imine (C=N–C) groups is 1. The molecule has 1 unspecified atom stereocenters. The Labute approximate surface area is 220 Å². The molecule has 1 aliphatic heterocycles. The van der Waals surface area contributed by atoms with E-state index in [4.69, 9.17) is 9.73 Å². The Morgan fingerprint density at radius 1 is 0.853 bits per heavy atom. The zero-order valence-electron chi connectivity index (χ0n) is 21.1. The molecule has 34 heavy (non-hydrogen) atoms. The van der Waals surface area contributed by atoms with E-state index < -0.39 is 7.92 Å². The summed E-state index contributed by atoms with van der Waals surface area (Å²) in [7, 11) is -0.466. The molecule has 0 saturated carbocycles. The minimum Gasteiger partial charge on any atom is -0.475 e. The van der Waals surface area contributed by atoms with E-state index in [2.05, 4.69) is 92.7 Å². The summed E-state index contributed by atoms with van der Waals surface area (Å²) in [6, 6.07) is 22.3. The first-order valence-corrected chi connectivity index (χ1v) is 13.1. The fraction of sp³-hybridized carbons (Fsp3) is 0.367. The van der Waals surface area contributed by atoms with Crippen LogP contribution >= 0.6 is 7.92 Å². The van der Waals surface area contributed by atoms with Gasteiger partial charge in [-0.05, 0) is 56.6 Å². The molecule has 184 valence electrons. The molecule has 0 fully saturated rings. The SMILES string of the molecule is C1=CCCC1.CC(C)[C@@H]1COC(C2=CCCC2P(c2ccccc2)c2ccccc2)=N1.[CH3-].[CH3-].[Fe+2]. The molecule has 0 radical (unpaired) electrons. The molecule has 0 saturated heterocycles. The number of benzene rings is 2. The van der Waals surface area contributed by atoms with Crippen LogP contribution in [0.1, 0.15) is 46.0 Å². The van der Waals surface area contributed by atoms with Crippen molar-refractivity contribution in [1.82, 2.24) is 0 Å². The summed E-state index contributed by atoms with van der Waals surface area (Å²) >= 11 is 0. The van der Waals surface area contributed by atoms with Crippen LogP contribution in [0.4, 0.5) is 0 Å². The molecule has 5 rings (SSSR count). The minimum absolute atomic E-state index is 0. The normalized spacial score (nSPS) is 20.2. The summed E-state index contributed by atoms with van der Waals surface area (Å²) in [5.74, 6) is 1.43. The quantitative estimate of drug-likeness (QED) is 0.177. The Morgan fingerprint density at radius 2 is 1.41 bits per heavy atom. The van der Waals surface area contributed by atoms with Gasteiger partial charge in [-0.1, -0.05) is 92.7 Å². The van der Waals surface area contributed by atoms with Crippen molar-refractivity contribution in [3.63, 3.8) is 0 Å². The van der Waals surface area contributed by atoms with Crippen LogP contribution in [-0.2, 0) is 21.8 Å². The van der Waals surface area contributed by atoms with E-state index in [1.807, 2.05) is 0 Å². The van der Waals surface area contributed by atoms with Crippen molar-refractivity contribution in [2.45, 2.75) is 57.7 Å². The molecule has 2 aromatic carbocycles. The van der Waals surface area contributed by atoms with Crippen molar-refractivity contribution in [1.29, 1.82) is 0 Å². The van der Waals surface area contributed by atoms with E-state index in [1.165, 1.54) is 41.9 Å². The van der Waals surface area contributed by atoms with Gasteiger partial charge in [-0.3, -0.25) is 0 Å². The maximum absolute atomic E-state index is 6.06. The van der Waals surface area contributed by atoms with Crippen molar-refractivity contribution < 1.29 is 21.8 Å². The van der Waals surface area contributed by atoms with Crippen LogP contribution in [-0.4, -0.2) is 24.2 Å². The molecule has 0 aromatic heterocycles. The molecule has 0 N–H and O–H groups in total. The van der Waals surface area contributed by atoms with Gasteiger partial charge in [0.25, 0.3) is 0 Å². The zero-order valence-corrected chi connectivity index (χ0v) is 23.1. The third-order valence-electron chi connectivity index (χ3n) is 6.14. The number of nitrogens with zero attached hydrogens (tertiary/aromatic N) is 1. The van der Waals surface area contributed by atoms with Crippen LogP contribution < -0.4 is 10.6 Å². The summed E-state index contributed by atoms with van der Waals surface area (Å²) in [6.45, 7) is 5.18. The Bertz CT molecular complexity index is 878. The van der Waals surface area contributed by atoms with Crippen molar-refractivity contribution >= 4 is 24.4 Å². The molecule has 0 spiro atoms. The standard InChI is InChI=1S/C23H26NOP.C5H8.2CH3.Fe/c1-17(2)21-16-25-23(24-21)20-14-9-15-22(20)26(18-10-5-3-6-11-18)19-12-7-4-8-13-19;1-2-4-5-3-1;;;/h3-8,10-14,17,21-22H,9,15-16H2,1-2H3;1-2H,3-5H2;2*1H3;/q;;2*-1;+2/t21-,22?;;;;/m0..../s1. The van der Waals surface area contributed by atoms with Gasteiger partial charge in [0.05, 0.1) is 6.04 Å². The summed E-state index contributed by atoms with van der Waals surface area (Å²) in [4.78, 5) is 4.93. The van der Waals surface area contributed by atoms with Gasteiger partial charge in [0.1, 0.15) is 6.61 Å². The Kier molecular flexibility index (Phi) is 13.7. The van der Waals surface area contributed by atoms with Gasteiger partial charge in [0.2, 0.25) is 5.90 Å². The number of ether oxygens (including phenoxy) is 1. The smallest absolute Gasteiger partial charge is 0.475 e. The molecule has 2 nitrogen and oxygen atoms in total. The predicted octanol–water partition coefficient (Wildman–Crippen LogP) is 7.29. The molecule has 2 aromatic rings. The van der Waals surface area contributed by atoms with Gasteiger partial charge < -0.3 is 19.6 Å². The molecule has 4 heteroatoms. The first kappa shape index (κ1) is 30.4. The Hall–Kier alpha value is -1.66. The van der Waals surface area contributed by atoms with Gasteiger partial charge in [-0.25, -0.2) is 4.99 Å². The molecule has 3 aliphatic rings. The van der Waals surface area contributed by atoms with Gasteiger partial charge in [0, 0.05) is 11.2 Å². The maximum atomic E-state index is 6.06. The van der Waals surface area contributed by atoms with Crippen molar-refractivity contribution in [2.24, 2.45) is 10.9 Å². The van der Waals surface area contributed by atoms with Crippen molar-refractivity contribution in [2.75, 3.05) is 6.61 Å². The average molecular weight is 517 g/mol. The van der Waals surface area contributed by atoms with Gasteiger partial charge >= 0.3 is 17.1 Å². The van der Waals surface area contributed by atoms with E-state index in [0.29, 0.717) is 17.6 Å². The van der Waals surface area contributed by atoms with Crippen molar-refractivity contribution in [3.05, 3.63) is 99.3 Å². The van der Waals surface area contributed by atoms with E-state index in [-0.39, 0.29) is 31.9 Å². The van der Waals surface area contributed by atoms with E-state index >= 15 is 0 Å². The second-order valence-electron chi connectivity index (χ2n) is 8.75. The van der Waals surface area contributed by atoms with Crippen LogP contribution in [0.15, 0.2) is 89.5 Å². The predicted molar refractivity (Wildman–Crippen MR) is 148 cm³/mol. The van der Waals surface area contributed by atoms with E-state index in [9.17, 15) is 0 Å². The van der Waals surface area contributed by atoms with Crippen LogP contribution in [0.25, 0.3) is 0 Å². The summed E-state index contributed by atoms with van der Waals surface area (Å²) in [5.41, 5.74) is 1.83. The largest absolute Gasteiger partial charge is 2.00 e. The van der Waals surface area contributed by atoms with Crippen molar-refractivity contribution in [3.8, 4) is 0 Å². The van der Waals surface area contributed by atoms with E-state index in [1.54, 1.807) is 0 Å². The number of allylic oxidation sites excluding steroid dienone is 3. The number of hydrogen-bond acceptors (Lipinski definition) is 2. The maximum Gasteiger partial charge on any atom is 2.00 e. The Balaban J connectivity index is 0.000000646. The summed E-state index contributed by atoms with van der Waals surface area (Å²) in [5, 5.41) is 2.87. The first-order chi connectivity index (χ1) is 15.2. The van der Waals surface area contributed by atoms with Crippen LogP contribution in [0.3, 0.4) is 0 Å². The molecular formula is C30H40FeNOP. The third kappa shape index (κ3) is 7.67. The summed E-state index contributed by atoms with van der Waals surface area (Å²) in [6.07, 6.45) is 13.2. The summed E-state index contributed by atoms with van der Waals surface area (Å²) < 4.78 is 6.06. The molecule has 2 atom stereocenters. The first-order valence-electron chi connectivity index (χ1n) is 11.7. The van der Waals surface area contributed by atoms with Crippen LogP contribution in [0.5, 0.6) is 0 Å². The topological polar surface area (TPSA) is 21.6 Å². The fourth-order valence-corrected chi connectivity index (χ4v) is 7.26. The Morgan fingerprint density at radius 3 is 1.85 bits per heavy atom. The van der Waals surface area contributed by atoms with Gasteiger partial charge in [-0.15, -0.1) is 0 Å². The molecule has 0 bridgehead atoms. The van der Waals surface area contributed by atoms with Crippen LogP contribution in [0, 0.1) is 20.8 Å². The minimum atomic E-state index is -0.466. The van der Waals surface area contributed by atoms with Crippen LogP contribution in [0.2, 0.25) is 0 Å². The fourth-order valence-electron chi connectivity index (χ4n) is 4.35. The molecule has 1 heterocycles. The average Bonchev–Trinajstić information content (AvgIpc) is 3.58.